The number of carbonyl (C=O) groups excluding carboxylic acids is 1. The Morgan fingerprint density at radius 3 is 1.91 bits per heavy atom. The molecule has 64 valence electrons. The minimum absolute atomic E-state index is 0.0417. The van der Waals surface area contributed by atoms with Crippen molar-refractivity contribution in [2.75, 3.05) is 0 Å². The van der Waals surface area contributed by atoms with Crippen LogP contribution in [-0.2, 0) is 4.79 Å². The smallest absolute Gasteiger partial charge is 0.247 e. The first-order valence-electron chi connectivity index (χ1n) is 3.90. The molecule has 0 rings (SSSR count). The van der Waals surface area contributed by atoms with Gasteiger partial charge in [-0.25, -0.2) is 0 Å². The first-order chi connectivity index (χ1) is 4.95. The first kappa shape index (κ1) is 10.2. The molecule has 0 aliphatic rings. The standard InChI is InChI=1S/C9H17NO/c1-6(2)8(5)9(11)10-7(3)4/h7H,1-5H3,(H,10,11). The van der Waals surface area contributed by atoms with Gasteiger partial charge in [0.1, 0.15) is 0 Å². The van der Waals surface area contributed by atoms with Crippen molar-refractivity contribution in [1.29, 1.82) is 0 Å². The molecule has 0 atom stereocenters. The van der Waals surface area contributed by atoms with Crippen molar-refractivity contribution in [1.82, 2.24) is 5.32 Å². The van der Waals surface area contributed by atoms with Gasteiger partial charge in [-0.2, -0.15) is 0 Å². The minimum atomic E-state index is 0.0417. The molecule has 1 amide bonds. The van der Waals surface area contributed by atoms with Gasteiger partial charge >= 0.3 is 0 Å². The number of allylic oxidation sites excluding steroid dienone is 1. The van der Waals surface area contributed by atoms with Gasteiger partial charge in [0.25, 0.3) is 0 Å². The van der Waals surface area contributed by atoms with E-state index in [1.165, 1.54) is 0 Å². The average molecular weight is 155 g/mol. The lowest BCUT2D eigenvalue weighted by Crippen LogP contribution is -2.30. The molecule has 0 saturated heterocycles. The fourth-order valence-corrected chi connectivity index (χ4v) is 0.598. The van der Waals surface area contributed by atoms with Crippen LogP contribution in [0.25, 0.3) is 0 Å². The summed E-state index contributed by atoms with van der Waals surface area (Å²) >= 11 is 0. The number of rotatable bonds is 2. The molecule has 0 aliphatic heterocycles. The topological polar surface area (TPSA) is 29.1 Å². The van der Waals surface area contributed by atoms with Crippen LogP contribution in [0.3, 0.4) is 0 Å². The van der Waals surface area contributed by atoms with Crippen LogP contribution in [0.5, 0.6) is 0 Å². The van der Waals surface area contributed by atoms with E-state index in [0.717, 1.165) is 11.1 Å². The van der Waals surface area contributed by atoms with Gasteiger partial charge in [-0.3, -0.25) is 4.79 Å². The molecule has 0 heterocycles. The van der Waals surface area contributed by atoms with Gasteiger partial charge in [-0.15, -0.1) is 0 Å². The molecule has 0 aliphatic carbocycles. The van der Waals surface area contributed by atoms with Gasteiger partial charge in [-0.05, 0) is 34.6 Å². The van der Waals surface area contributed by atoms with E-state index in [1.54, 1.807) is 0 Å². The molecule has 0 spiro atoms. The van der Waals surface area contributed by atoms with Gasteiger partial charge in [0.15, 0.2) is 0 Å². The lowest BCUT2D eigenvalue weighted by atomic mass is 10.1. The fraction of sp³-hybridized carbons (Fsp3) is 0.667. The molecule has 0 radical (unpaired) electrons. The van der Waals surface area contributed by atoms with Crippen LogP contribution in [0.4, 0.5) is 0 Å². The molecule has 0 aromatic heterocycles. The second-order valence-corrected chi connectivity index (χ2v) is 3.25. The zero-order chi connectivity index (χ0) is 9.02. The Morgan fingerprint density at radius 2 is 1.64 bits per heavy atom. The lowest BCUT2D eigenvalue weighted by molar-refractivity contribution is -0.117. The van der Waals surface area contributed by atoms with Gasteiger partial charge in [0.05, 0.1) is 0 Å². The number of hydrogen-bond acceptors (Lipinski definition) is 1. The molecule has 11 heavy (non-hydrogen) atoms. The Labute approximate surface area is 68.7 Å². The highest BCUT2D eigenvalue weighted by Gasteiger charge is 2.05. The highest BCUT2D eigenvalue weighted by Crippen LogP contribution is 2.01. The maximum absolute atomic E-state index is 11.2. The highest BCUT2D eigenvalue weighted by atomic mass is 16.1. The summed E-state index contributed by atoms with van der Waals surface area (Å²) in [6.45, 7) is 9.63. The van der Waals surface area contributed by atoms with Crippen molar-refractivity contribution in [2.45, 2.75) is 40.7 Å². The second kappa shape index (κ2) is 4.16. The molecule has 0 saturated carbocycles. The fourth-order valence-electron chi connectivity index (χ4n) is 0.598. The summed E-state index contributed by atoms with van der Waals surface area (Å²) in [6.07, 6.45) is 0. The van der Waals surface area contributed by atoms with Crippen molar-refractivity contribution in [3.63, 3.8) is 0 Å². The van der Waals surface area contributed by atoms with Gasteiger partial charge in [-0.1, -0.05) is 5.57 Å². The molecule has 2 nitrogen and oxygen atoms in total. The summed E-state index contributed by atoms with van der Waals surface area (Å²) in [7, 11) is 0. The van der Waals surface area contributed by atoms with Gasteiger partial charge in [0, 0.05) is 11.6 Å². The molecule has 1 N–H and O–H groups in total. The minimum Gasteiger partial charge on any atom is -0.350 e. The maximum Gasteiger partial charge on any atom is 0.247 e. The summed E-state index contributed by atoms with van der Waals surface area (Å²) in [6, 6.07) is 0.219. The van der Waals surface area contributed by atoms with Crippen molar-refractivity contribution >= 4 is 5.91 Å². The Kier molecular flexibility index (Phi) is 3.86. The SMILES string of the molecule is CC(C)=C(C)C(=O)NC(C)C. The van der Waals surface area contributed by atoms with Crippen LogP contribution in [0.1, 0.15) is 34.6 Å². The molecule has 0 aromatic carbocycles. The van der Waals surface area contributed by atoms with Crippen LogP contribution >= 0.6 is 0 Å². The van der Waals surface area contributed by atoms with Crippen molar-refractivity contribution < 1.29 is 4.79 Å². The van der Waals surface area contributed by atoms with Gasteiger partial charge in [0.2, 0.25) is 5.91 Å². The highest BCUT2D eigenvalue weighted by molar-refractivity contribution is 5.93. The Morgan fingerprint density at radius 1 is 1.18 bits per heavy atom. The molecule has 0 aromatic rings. The van der Waals surface area contributed by atoms with Crippen LogP contribution in [0.2, 0.25) is 0 Å². The summed E-state index contributed by atoms with van der Waals surface area (Å²) < 4.78 is 0. The maximum atomic E-state index is 11.2. The van der Waals surface area contributed by atoms with Gasteiger partial charge < -0.3 is 5.32 Å². The summed E-state index contributed by atoms with van der Waals surface area (Å²) in [5.41, 5.74) is 1.89. The number of carbonyl (C=O) groups is 1. The van der Waals surface area contributed by atoms with Crippen LogP contribution in [0.15, 0.2) is 11.1 Å². The number of amides is 1. The van der Waals surface area contributed by atoms with E-state index >= 15 is 0 Å². The van der Waals surface area contributed by atoms with E-state index in [9.17, 15) is 4.79 Å². The zero-order valence-corrected chi connectivity index (χ0v) is 7.99. The molecular weight excluding hydrogens is 138 g/mol. The molecule has 0 fully saturated rings. The predicted octanol–water partition coefficient (Wildman–Crippen LogP) is 1.87. The largest absolute Gasteiger partial charge is 0.350 e. The van der Waals surface area contributed by atoms with Crippen LogP contribution in [0, 0.1) is 0 Å². The average Bonchev–Trinajstić information content (AvgIpc) is 1.84. The summed E-state index contributed by atoms with van der Waals surface area (Å²) in [4.78, 5) is 11.2. The molecule has 0 bridgehead atoms. The number of hydrogen-bond donors (Lipinski definition) is 1. The first-order valence-corrected chi connectivity index (χ1v) is 3.90. The third-order valence-corrected chi connectivity index (χ3v) is 1.51. The quantitative estimate of drug-likeness (QED) is 0.606. The van der Waals surface area contributed by atoms with Crippen LogP contribution < -0.4 is 5.32 Å². The zero-order valence-electron chi connectivity index (χ0n) is 7.99. The Balaban J connectivity index is 4.17. The Bertz CT molecular complexity index is 176. The second-order valence-electron chi connectivity index (χ2n) is 3.25. The van der Waals surface area contributed by atoms with Crippen LogP contribution in [-0.4, -0.2) is 11.9 Å². The molecular formula is C9H17NO. The predicted molar refractivity (Wildman–Crippen MR) is 47.3 cm³/mol. The monoisotopic (exact) mass is 155 g/mol. The van der Waals surface area contributed by atoms with E-state index < -0.39 is 0 Å². The summed E-state index contributed by atoms with van der Waals surface area (Å²) in [5.74, 6) is 0.0417. The third-order valence-electron chi connectivity index (χ3n) is 1.51. The van der Waals surface area contributed by atoms with Crippen molar-refractivity contribution in [3.8, 4) is 0 Å². The lowest BCUT2D eigenvalue weighted by Gasteiger charge is -2.09. The van der Waals surface area contributed by atoms with E-state index in [1.807, 2.05) is 34.6 Å². The molecule has 2 heteroatoms. The Hall–Kier alpha value is -0.790. The van der Waals surface area contributed by atoms with E-state index in [-0.39, 0.29) is 11.9 Å². The number of nitrogens with one attached hydrogen (secondary N) is 1. The third kappa shape index (κ3) is 3.81. The van der Waals surface area contributed by atoms with E-state index in [4.69, 9.17) is 0 Å². The summed E-state index contributed by atoms with van der Waals surface area (Å²) in [5, 5.41) is 2.83. The normalized spacial score (nSPS) is 9.64. The van der Waals surface area contributed by atoms with Crippen molar-refractivity contribution in [2.24, 2.45) is 0 Å². The molecule has 0 unspecified atom stereocenters. The van der Waals surface area contributed by atoms with Crippen molar-refractivity contribution in [3.05, 3.63) is 11.1 Å². The van der Waals surface area contributed by atoms with E-state index in [0.29, 0.717) is 0 Å². The van der Waals surface area contributed by atoms with E-state index in [2.05, 4.69) is 5.32 Å².